The third-order valence-electron chi connectivity index (χ3n) is 6.88. The van der Waals surface area contributed by atoms with Gasteiger partial charge >= 0.3 is 6.03 Å². The number of nitrogens with zero attached hydrogens (tertiary/aromatic N) is 2. The summed E-state index contributed by atoms with van der Waals surface area (Å²) in [4.78, 5) is 17.6. The molecule has 2 aromatic carbocycles. The van der Waals surface area contributed by atoms with Crippen molar-refractivity contribution in [3.8, 4) is 5.75 Å². The fourth-order valence-corrected chi connectivity index (χ4v) is 4.99. The van der Waals surface area contributed by atoms with Crippen molar-refractivity contribution >= 4 is 11.7 Å². The molecule has 0 bridgehead atoms. The van der Waals surface area contributed by atoms with Crippen LogP contribution in [0.4, 0.5) is 10.5 Å². The molecular formula is C24H30N4O3. The molecule has 0 unspecified atom stereocenters. The summed E-state index contributed by atoms with van der Waals surface area (Å²) in [5.74, 6) is 1.28. The van der Waals surface area contributed by atoms with Gasteiger partial charge in [0, 0.05) is 44.5 Å². The molecule has 5 rings (SSSR count). The van der Waals surface area contributed by atoms with E-state index in [1.165, 1.54) is 5.56 Å². The number of carbonyl (C=O) groups is 1. The predicted molar refractivity (Wildman–Crippen MR) is 119 cm³/mol. The van der Waals surface area contributed by atoms with E-state index < -0.39 is 0 Å². The lowest BCUT2D eigenvalue weighted by atomic mass is 9.89. The van der Waals surface area contributed by atoms with E-state index in [1.807, 2.05) is 23.1 Å². The van der Waals surface area contributed by atoms with Gasteiger partial charge in [-0.15, -0.1) is 0 Å². The Morgan fingerprint density at radius 3 is 2.55 bits per heavy atom. The Labute approximate surface area is 183 Å². The van der Waals surface area contributed by atoms with Crippen LogP contribution in [0.15, 0.2) is 48.5 Å². The number of nitrogens with one attached hydrogen (secondary N) is 2. The number of methoxy groups -OCH3 is 1. The zero-order valence-electron chi connectivity index (χ0n) is 18.0. The number of ether oxygens (including phenoxy) is 2. The molecule has 3 aliphatic rings. The summed E-state index contributed by atoms with van der Waals surface area (Å²) in [6.07, 6.45) is 1.72. The maximum absolute atomic E-state index is 13.6. The van der Waals surface area contributed by atoms with Crippen LogP contribution >= 0.6 is 0 Å². The molecule has 0 aromatic heterocycles. The molecule has 7 heteroatoms. The number of amides is 2. The molecule has 31 heavy (non-hydrogen) atoms. The van der Waals surface area contributed by atoms with Crippen molar-refractivity contribution in [2.75, 3.05) is 44.9 Å². The van der Waals surface area contributed by atoms with Crippen molar-refractivity contribution in [1.82, 2.24) is 15.8 Å². The minimum absolute atomic E-state index is 0.0710. The molecule has 2 amide bonds. The van der Waals surface area contributed by atoms with Gasteiger partial charge in [-0.25, -0.2) is 4.79 Å². The summed E-state index contributed by atoms with van der Waals surface area (Å²) < 4.78 is 11.0. The van der Waals surface area contributed by atoms with Crippen molar-refractivity contribution < 1.29 is 14.3 Å². The van der Waals surface area contributed by atoms with Gasteiger partial charge < -0.3 is 14.4 Å². The SMILES string of the molecule is COc1cccc(CN2C(=O)N(c3ccc(C4CNNC4)cc3)CC23CCOCC3)c1. The Morgan fingerprint density at radius 2 is 1.84 bits per heavy atom. The molecule has 0 saturated carbocycles. The lowest BCUT2D eigenvalue weighted by molar-refractivity contribution is 0.00609. The first-order valence-corrected chi connectivity index (χ1v) is 11.0. The fraction of sp³-hybridized carbons (Fsp3) is 0.458. The van der Waals surface area contributed by atoms with Gasteiger partial charge in [0.1, 0.15) is 5.75 Å². The van der Waals surface area contributed by atoms with Crippen LogP contribution in [0.1, 0.15) is 29.9 Å². The fourth-order valence-electron chi connectivity index (χ4n) is 4.99. The summed E-state index contributed by atoms with van der Waals surface area (Å²) in [5.41, 5.74) is 9.50. The molecule has 3 aliphatic heterocycles. The molecule has 3 heterocycles. The van der Waals surface area contributed by atoms with Crippen LogP contribution in [-0.4, -0.2) is 56.4 Å². The van der Waals surface area contributed by atoms with E-state index in [0.29, 0.717) is 32.2 Å². The molecule has 7 nitrogen and oxygen atoms in total. The maximum atomic E-state index is 13.6. The highest BCUT2D eigenvalue weighted by Gasteiger charge is 2.50. The third kappa shape index (κ3) is 3.89. The molecule has 0 aliphatic carbocycles. The molecule has 0 atom stereocenters. The number of carbonyl (C=O) groups excluding carboxylic acids is 1. The van der Waals surface area contributed by atoms with Gasteiger partial charge in [0.05, 0.1) is 19.2 Å². The van der Waals surface area contributed by atoms with Crippen LogP contribution < -0.4 is 20.5 Å². The van der Waals surface area contributed by atoms with Crippen molar-refractivity contribution in [3.05, 3.63) is 59.7 Å². The molecule has 164 valence electrons. The second kappa shape index (κ2) is 8.49. The van der Waals surface area contributed by atoms with Crippen molar-refractivity contribution in [2.45, 2.75) is 30.8 Å². The van der Waals surface area contributed by atoms with Gasteiger partial charge in [-0.2, -0.15) is 0 Å². The number of anilines is 1. The summed E-state index contributed by atoms with van der Waals surface area (Å²) in [5, 5.41) is 0. The first-order chi connectivity index (χ1) is 15.2. The normalized spacial score (nSPS) is 21.3. The predicted octanol–water partition coefficient (Wildman–Crippen LogP) is 2.88. The number of hydrogen-bond acceptors (Lipinski definition) is 5. The zero-order chi connectivity index (χ0) is 21.3. The topological polar surface area (TPSA) is 66.1 Å². The first kappa shape index (κ1) is 20.3. The van der Waals surface area contributed by atoms with Crippen LogP contribution in [0.3, 0.4) is 0 Å². The molecule has 1 spiro atoms. The van der Waals surface area contributed by atoms with Gasteiger partial charge in [0.2, 0.25) is 0 Å². The standard InChI is InChI=1S/C24H30N4O3/c1-30-22-4-2-3-18(13-22)16-28-23(29)27(17-24(28)9-11-31-12-10-24)21-7-5-19(6-8-21)20-14-25-26-15-20/h2-8,13,20,25-26H,9-12,14-17H2,1H3. The van der Waals surface area contributed by atoms with Gasteiger partial charge in [-0.05, 0) is 48.2 Å². The quantitative estimate of drug-likeness (QED) is 0.776. The molecular weight excluding hydrogens is 392 g/mol. The van der Waals surface area contributed by atoms with Crippen molar-refractivity contribution in [3.63, 3.8) is 0 Å². The molecule has 3 saturated heterocycles. The maximum Gasteiger partial charge on any atom is 0.325 e. The van der Waals surface area contributed by atoms with E-state index in [0.717, 1.165) is 42.9 Å². The lowest BCUT2D eigenvalue weighted by Gasteiger charge is -2.40. The molecule has 2 N–H and O–H groups in total. The molecule has 3 fully saturated rings. The van der Waals surface area contributed by atoms with Gasteiger partial charge in [-0.1, -0.05) is 24.3 Å². The third-order valence-corrected chi connectivity index (χ3v) is 6.88. The highest BCUT2D eigenvalue weighted by Crippen LogP contribution is 2.39. The second-order valence-corrected chi connectivity index (χ2v) is 8.69. The van der Waals surface area contributed by atoms with E-state index in [4.69, 9.17) is 9.47 Å². The van der Waals surface area contributed by atoms with E-state index >= 15 is 0 Å². The Morgan fingerprint density at radius 1 is 1.10 bits per heavy atom. The van der Waals surface area contributed by atoms with Crippen LogP contribution in [0.5, 0.6) is 5.75 Å². The van der Waals surface area contributed by atoms with Crippen LogP contribution in [0.25, 0.3) is 0 Å². The average molecular weight is 423 g/mol. The van der Waals surface area contributed by atoms with E-state index in [1.54, 1.807) is 7.11 Å². The lowest BCUT2D eigenvalue weighted by Crippen LogP contribution is -2.50. The Balaban J connectivity index is 1.41. The van der Waals surface area contributed by atoms with E-state index in [2.05, 4.69) is 46.1 Å². The smallest absolute Gasteiger partial charge is 0.325 e. The number of rotatable bonds is 5. The minimum Gasteiger partial charge on any atom is -0.497 e. The second-order valence-electron chi connectivity index (χ2n) is 8.69. The van der Waals surface area contributed by atoms with Crippen LogP contribution in [0, 0.1) is 0 Å². The number of urea groups is 1. The van der Waals surface area contributed by atoms with Crippen LogP contribution in [0.2, 0.25) is 0 Å². The van der Waals surface area contributed by atoms with E-state index in [-0.39, 0.29) is 11.6 Å². The molecule has 2 aromatic rings. The number of benzene rings is 2. The summed E-state index contributed by atoms with van der Waals surface area (Å²) in [7, 11) is 1.67. The van der Waals surface area contributed by atoms with Gasteiger partial charge in [-0.3, -0.25) is 15.8 Å². The highest BCUT2D eigenvalue weighted by molar-refractivity contribution is 5.95. The van der Waals surface area contributed by atoms with Crippen molar-refractivity contribution in [2.24, 2.45) is 0 Å². The largest absolute Gasteiger partial charge is 0.497 e. The van der Waals surface area contributed by atoms with Gasteiger partial charge in [0.15, 0.2) is 0 Å². The Kier molecular flexibility index (Phi) is 5.56. The Hall–Kier alpha value is -2.61. The van der Waals surface area contributed by atoms with Crippen LogP contribution in [-0.2, 0) is 11.3 Å². The highest BCUT2D eigenvalue weighted by atomic mass is 16.5. The Bertz CT molecular complexity index is 921. The minimum atomic E-state index is -0.198. The monoisotopic (exact) mass is 422 g/mol. The van der Waals surface area contributed by atoms with E-state index in [9.17, 15) is 4.79 Å². The number of hydrogen-bond donors (Lipinski definition) is 2. The van der Waals surface area contributed by atoms with Gasteiger partial charge in [0.25, 0.3) is 0 Å². The van der Waals surface area contributed by atoms with Crippen molar-refractivity contribution in [1.29, 1.82) is 0 Å². The summed E-state index contributed by atoms with van der Waals surface area (Å²) in [6.45, 7) is 4.51. The zero-order valence-corrected chi connectivity index (χ0v) is 18.0. The summed E-state index contributed by atoms with van der Waals surface area (Å²) >= 11 is 0. The average Bonchev–Trinajstić information content (AvgIpc) is 3.44. The summed E-state index contributed by atoms with van der Waals surface area (Å²) in [6, 6.07) is 16.6. The number of hydrazine groups is 1. The molecule has 0 radical (unpaired) electrons. The first-order valence-electron chi connectivity index (χ1n) is 11.0.